The summed E-state index contributed by atoms with van der Waals surface area (Å²) in [4.78, 5) is 4.47. The first-order chi connectivity index (χ1) is 8.54. The summed E-state index contributed by atoms with van der Waals surface area (Å²) >= 11 is 1.35. The normalized spacial score (nSPS) is 11.6. The third-order valence-electron chi connectivity index (χ3n) is 2.88. The topological polar surface area (TPSA) is 37.8 Å². The van der Waals surface area contributed by atoms with Gasteiger partial charge in [-0.2, -0.15) is 4.37 Å². The van der Waals surface area contributed by atoms with Crippen molar-refractivity contribution in [1.82, 2.24) is 9.36 Å². The van der Waals surface area contributed by atoms with Crippen LogP contribution in [0.3, 0.4) is 0 Å². The van der Waals surface area contributed by atoms with Crippen molar-refractivity contribution in [3.05, 3.63) is 41.5 Å². The smallest absolute Gasteiger partial charge is 0.202 e. The van der Waals surface area contributed by atoms with Gasteiger partial charge in [0.25, 0.3) is 0 Å². The summed E-state index contributed by atoms with van der Waals surface area (Å²) in [5.74, 6) is 0.532. The van der Waals surface area contributed by atoms with Crippen molar-refractivity contribution in [3.63, 3.8) is 0 Å². The minimum atomic E-state index is -0.322. The van der Waals surface area contributed by atoms with E-state index in [-0.39, 0.29) is 11.2 Å². The molecule has 0 atom stereocenters. The molecule has 1 aromatic heterocycles. The van der Waals surface area contributed by atoms with Crippen molar-refractivity contribution in [2.75, 3.05) is 11.9 Å². The van der Waals surface area contributed by atoms with Gasteiger partial charge in [-0.25, -0.2) is 9.37 Å². The first-order valence-corrected chi connectivity index (χ1v) is 6.65. The minimum absolute atomic E-state index is 0.228. The minimum Gasteiger partial charge on any atom is -0.361 e. The first kappa shape index (κ1) is 13.0. The highest BCUT2D eigenvalue weighted by Gasteiger charge is 2.27. The maximum atomic E-state index is 12.9. The second-order valence-electron chi connectivity index (χ2n) is 4.59. The molecule has 2 aromatic rings. The summed E-state index contributed by atoms with van der Waals surface area (Å²) < 4.78 is 17.3. The maximum Gasteiger partial charge on any atom is 0.202 e. The molecular weight excluding hydrogens is 249 g/mol. The average Bonchev–Trinajstić information content (AvgIpc) is 2.79. The lowest BCUT2D eigenvalue weighted by molar-refractivity contribution is 0.592. The van der Waals surface area contributed by atoms with Gasteiger partial charge >= 0.3 is 0 Å². The van der Waals surface area contributed by atoms with E-state index in [4.69, 9.17) is 0 Å². The van der Waals surface area contributed by atoms with Gasteiger partial charge in [-0.05, 0) is 38.5 Å². The predicted molar refractivity (Wildman–Crippen MR) is 72.6 cm³/mol. The summed E-state index contributed by atoms with van der Waals surface area (Å²) in [6.45, 7) is 6.92. The Kier molecular flexibility index (Phi) is 3.61. The van der Waals surface area contributed by atoms with E-state index in [9.17, 15) is 4.39 Å². The van der Waals surface area contributed by atoms with Gasteiger partial charge in [0, 0.05) is 18.1 Å². The molecule has 0 amide bonds. The molecule has 0 saturated carbocycles. The van der Waals surface area contributed by atoms with Crippen molar-refractivity contribution in [3.8, 4) is 0 Å². The van der Waals surface area contributed by atoms with E-state index in [0.29, 0.717) is 0 Å². The lowest BCUT2D eigenvalue weighted by Gasteiger charge is -2.21. The molecule has 3 nitrogen and oxygen atoms in total. The molecule has 18 heavy (non-hydrogen) atoms. The second-order valence-corrected chi connectivity index (χ2v) is 5.34. The molecule has 0 bridgehead atoms. The Bertz CT molecular complexity index is 519. The van der Waals surface area contributed by atoms with Gasteiger partial charge in [0.2, 0.25) is 5.13 Å². The van der Waals surface area contributed by atoms with Crippen LogP contribution in [-0.2, 0) is 5.41 Å². The fourth-order valence-corrected chi connectivity index (χ4v) is 2.47. The maximum absolute atomic E-state index is 12.9. The van der Waals surface area contributed by atoms with Gasteiger partial charge in [-0.3, -0.25) is 0 Å². The molecule has 1 heterocycles. The third kappa shape index (κ3) is 2.51. The number of nitrogens with zero attached hydrogens (tertiary/aromatic N) is 2. The Hall–Kier alpha value is -1.49. The monoisotopic (exact) mass is 265 g/mol. The molecule has 2 rings (SSSR count). The Labute approximate surface area is 110 Å². The molecule has 0 spiro atoms. The van der Waals surface area contributed by atoms with Crippen LogP contribution in [0.15, 0.2) is 24.3 Å². The number of nitrogens with one attached hydrogen (secondary N) is 1. The van der Waals surface area contributed by atoms with Crippen molar-refractivity contribution < 1.29 is 4.39 Å². The van der Waals surface area contributed by atoms with Crippen LogP contribution in [0.5, 0.6) is 0 Å². The summed E-state index contributed by atoms with van der Waals surface area (Å²) in [7, 11) is 0. The van der Waals surface area contributed by atoms with Crippen molar-refractivity contribution >= 4 is 16.7 Å². The summed E-state index contributed by atoms with van der Waals surface area (Å²) in [5.41, 5.74) is 0.683. The molecule has 0 fully saturated rings. The summed E-state index contributed by atoms with van der Waals surface area (Å²) in [5, 5.41) is 3.97. The number of anilines is 1. The van der Waals surface area contributed by atoms with Gasteiger partial charge in [-0.15, -0.1) is 0 Å². The number of rotatable bonds is 4. The van der Waals surface area contributed by atoms with Gasteiger partial charge in [0.15, 0.2) is 5.82 Å². The number of halogens is 1. The van der Waals surface area contributed by atoms with Crippen LogP contribution in [0.2, 0.25) is 0 Å². The van der Waals surface area contributed by atoms with Gasteiger partial charge in [0.05, 0.1) is 5.41 Å². The van der Waals surface area contributed by atoms with Crippen LogP contribution in [0.4, 0.5) is 9.52 Å². The van der Waals surface area contributed by atoms with E-state index in [0.717, 1.165) is 23.1 Å². The van der Waals surface area contributed by atoms with Crippen LogP contribution >= 0.6 is 11.5 Å². The van der Waals surface area contributed by atoms with Gasteiger partial charge in [0.1, 0.15) is 5.82 Å². The predicted octanol–water partition coefficient (Wildman–Crippen LogP) is 3.43. The van der Waals surface area contributed by atoms with Crippen LogP contribution in [0.25, 0.3) is 0 Å². The highest BCUT2D eigenvalue weighted by atomic mass is 32.1. The van der Waals surface area contributed by atoms with Crippen LogP contribution in [0, 0.1) is 5.82 Å². The summed E-state index contributed by atoms with van der Waals surface area (Å²) in [6, 6.07) is 6.50. The fourth-order valence-electron chi connectivity index (χ4n) is 1.70. The van der Waals surface area contributed by atoms with E-state index in [1.807, 2.05) is 20.8 Å². The number of benzene rings is 1. The van der Waals surface area contributed by atoms with Crippen LogP contribution in [-0.4, -0.2) is 15.9 Å². The third-order valence-corrected chi connectivity index (χ3v) is 3.55. The lowest BCUT2D eigenvalue weighted by atomic mass is 9.84. The Balaban J connectivity index is 2.31. The van der Waals surface area contributed by atoms with E-state index >= 15 is 0 Å². The highest BCUT2D eigenvalue weighted by molar-refractivity contribution is 7.09. The molecule has 1 aromatic carbocycles. The zero-order chi connectivity index (χ0) is 13.2. The average molecular weight is 265 g/mol. The number of aromatic nitrogens is 2. The highest BCUT2D eigenvalue weighted by Crippen LogP contribution is 2.31. The molecule has 5 heteroatoms. The Morgan fingerprint density at radius 2 is 1.94 bits per heavy atom. The largest absolute Gasteiger partial charge is 0.361 e. The quantitative estimate of drug-likeness (QED) is 0.920. The zero-order valence-electron chi connectivity index (χ0n) is 10.7. The molecule has 0 aliphatic rings. The molecule has 1 N–H and O–H groups in total. The second kappa shape index (κ2) is 5.02. The fraction of sp³-hybridized carbons (Fsp3) is 0.385. The zero-order valence-corrected chi connectivity index (χ0v) is 11.5. The standard InChI is InChI=1S/C13H16FN3S/c1-4-15-12-16-11(17-18-12)13(2,3)9-5-7-10(14)8-6-9/h5-8H,4H2,1-3H3,(H,15,16,17). The molecule has 96 valence electrons. The SMILES string of the molecule is CCNc1nc(C(C)(C)c2ccc(F)cc2)ns1. The van der Waals surface area contributed by atoms with E-state index in [2.05, 4.69) is 14.7 Å². The molecule has 0 saturated heterocycles. The molecular formula is C13H16FN3S. The summed E-state index contributed by atoms with van der Waals surface area (Å²) in [6.07, 6.45) is 0. The van der Waals surface area contributed by atoms with Gasteiger partial charge < -0.3 is 5.32 Å². The van der Waals surface area contributed by atoms with Gasteiger partial charge in [-0.1, -0.05) is 12.1 Å². The molecule has 0 aliphatic heterocycles. The first-order valence-electron chi connectivity index (χ1n) is 5.88. The molecule has 0 radical (unpaired) electrons. The molecule has 0 aliphatic carbocycles. The van der Waals surface area contributed by atoms with Crippen molar-refractivity contribution in [1.29, 1.82) is 0 Å². The Morgan fingerprint density at radius 1 is 1.28 bits per heavy atom. The van der Waals surface area contributed by atoms with E-state index < -0.39 is 0 Å². The molecule has 0 unspecified atom stereocenters. The van der Waals surface area contributed by atoms with Crippen LogP contribution < -0.4 is 5.32 Å². The Morgan fingerprint density at radius 3 is 2.56 bits per heavy atom. The van der Waals surface area contributed by atoms with Crippen molar-refractivity contribution in [2.45, 2.75) is 26.2 Å². The van der Waals surface area contributed by atoms with Crippen molar-refractivity contribution in [2.24, 2.45) is 0 Å². The number of hydrogen-bond donors (Lipinski definition) is 1. The van der Waals surface area contributed by atoms with Crippen LogP contribution in [0.1, 0.15) is 32.2 Å². The van der Waals surface area contributed by atoms with E-state index in [1.54, 1.807) is 12.1 Å². The lowest BCUT2D eigenvalue weighted by Crippen LogP contribution is -2.20. The van der Waals surface area contributed by atoms with E-state index in [1.165, 1.54) is 23.7 Å². The number of hydrogen-bond acceptors (Lipinski definition) is 4.